The monoisotopic (exact) mass is 314 g/mol. The zero-order valence-electron chi connectivity index (χ0n) is 11.5. The smallest absolute Gasteiger partial charge is 0.273 e. The number of aryl methyl sites for hydroxylation is 2. The molecule has 2 aromatic rings. The fourth-order valence-electron chi connectivity index (χ4n) is 1.62. The lowest BCUT2D eigenvalue weighted by Gasteiger charge is -1.99. The van der Waals surface area contributed by atoms with Crippen molar-refractivity contribution in [1.29, 1.82) is 0 Å². The minimum absolute atomic E-state index is 0.0980. The average molecular weight is 314 g/mol. The number of rotatable bonds is 5. The minimum atomic E-state index is -3.45. The van der Waals surface area contributed by atoms with Gasteiger partial charge in [-0.2, -0.15) is 12.8 Å². The molecule has 0 fully saturated rings. The summed E-state index contributed by atoms with van der Waals surface area (Å²) in [6.45, 7) is 4.26. The highest BCUT2D eigenvalue weighted by atomic mass is 32.2. The second kappa shape index (κ2) is 5.94. The van der Waals surface area contributed by atoms with E-state index in [4.69, 9.17) is 0 Å². The summed E-state index contributed by atoms with van der Waals surface area (Å²) >= 11 is 1.44. The number of aromatic nitrogens is 3. The standard InChI is InChI=1S/C12H16N3O3S2/c1-9-10(2)14-19-12(9)11-4-5-15(13-8-11)6-7-20(16,17)18-3/h4-5,8H,6-7H2,1-3H3/q+1. The van der Waals surface area contributed by atoms with Gasteiger partial charge >= 0.3 is 0 Å². The van der Waals surface area contributed by atoms with Crippen molar-refractivity contribution in [1.82, 2.24) is 9.47 Å². The SMILES string of the molecule is COS(=O)(=O)CC[n+]1ccc(-c2snc(C)c2C)cn1. The van der Waals surface area contributed by atoms with E-state index in [-0.39, 0.29) is 12.3 Å². The Balaban J connectivity index is 2.13. The minimum Gasteiger partial charge on any atom is -0.273 e. The van der Waals surface area contributed by atoms with Gasteiger partial charge in [0.15, 0.2) is 12.7 Å². The van der Waals surface area contributed by atoms with Crippen LogP contribution in [0.5, 0.6) is 0 Å². The van der Waals surface area contributed by atoms with Gasteiger partial charge in [-0.05, 0) is 36.0 Å². The van der Waals surface area contributed by atoms with Gasteiger partial charge in [-0.15, -0.1) is 0 Å². The predicted octanol–water partition coefficient (Wildman–Crippen LogP) is 1.09. The average Bonchev–Trinajstić information content (AvgIpc) is 2.78. The van der Waals surface area contributed by atoms with Gasteiger partial charge in [-0.3, -0.25) is 4.18 Å². The maximum absolute atomic E-state index is 11.2. The van der Waals surface area contributed by atoms with Crippen molar-refractivity contribution in [2.75, 3.05) is 12.9 Å². The molecule has 0 spiro atoms. The molecule has 2 rings (SSSR count). The van der Waals surface area contributed by atoms with Crippen LogP contribution >= 0.6 is 11.5 Å². The van der Waals surface area contributed by atoms with Crippen molar-refractivity contribution in [3.05, 3.63) is 29.7 Å². The van der Waals surface area contributed by atoms with E-state index in [2.05, 4.69) is 13.7 Å². The molecule has 0 unspecified atom stereocenters. The molecular formula is C12H16N3O3S2+. The van der Waals surface area contributed by atoms with Crippen LogP contribution in [0.25, 0.3) is 10.4 Å². The lowest BCUT2D eigenvalue weighted by Crippen LogP contribution is -2.40. The quantitative estimate of drug-likeness (QED) is 0.610. The fraction of sp³-hybridized carbons (Fsp3) is 0.417. The molecule has 108 valence electrons. The zero-order chi connectivity index (χ0) is 14.8. The third kappa shape index (κ3) is 3.38. The Morgan fingerprint density at radius 3 is 2.65 bits per heavy atom. The van der Waals surface area contributed by atoms with E-state index < -0.39 is 10.1 Å². The van der Waals surface area contributed by atoms with Gasteiger partial charge in [0.1, 0.15) is 11.9 Å². The lowest BCUT2D eigenvalue weighted by atomic mass is 10.1. The van der Waals surface area contributed by atoms with Gasteiger partial charge in [0.2, 0.25) is 0 Å². The molecule has 2 heterocycles. The van der Waals surface area contributed by atoms with Gasteiger partial charge < -0.3 is 0 Å². The normalized spacial score (nSPS) is 11.8. The highest BCUT2D eigenvalue weighted by molar-refractivity contribution is 7.86. The largest absolute Gasteiger partial charge is 0.273 e. The summed E-state index contributed by atoms with van der Waals surface area (Å²) in [4.78, 5) is 1.09. The summed E-state index contributed by atoms with van der Waals surface area (Å²) in [6.07, 6.45) is 3.48. The molecule has 20 heavy (non-hydrogen) atoms. The second-order valence-electron chi connectivity index (χ2n) is 4.33. The van der Waals surface area contributed by atoms with E-state index in [0.717, 1.165) is 28.8 Å². The molecule has 0 aliphatic rings. The molecule has 2 aromatic heterocycles. The highest BCUT2D eigenvalue weighted by Crippen LogP contribution is 2.28. The maximum Gasteiger partial charge on any atom is 0.273 e. The Morgan fingerprint density at radius 2 is 2.15 bits per heavy atom. The van der Waals surface area contributed by atoms with Crippen molar-refractivity contribution in [3.8, 4) is 10.4 Å². The van der Waals surface area contributed by atoms with E-state index in [0.29, 0.717) is 0 Å². The van der Waals surface area contributed by atoms with Crippen LogP contribution < -0.4 is 4.68 Å². The molecule has 0 N–H and O–H groups in total. The summed E-state index contributed by atoms with van der Waals surface area (Å²) < 4.78 is 32.8. The lowest BCUT2D eigenvalue weighted by molar-refractivity contribution is -0.750. The Bertz CT molecular complexity index is 693. The topological polar surface area (TPSA) is 73.0 Å². The van der Waals surface area contributed by atoms with Crippen LogP contribution in [0.1, 0.15) is 11.3 Å². The van der Waals surface area contributed by atoms with E-state index in [9.17, 15) is 8.42 Å². The molecule has 0 aliphatic heterocycles. The first-order chi connectivity index (χ1) is 9.43. The molecule has 6 nitrogen and oxygen atoms in total. The van der Waals surface area contributed by atoms with Crippen molar-refractivity contribution >= 4 is 21.7 Å². The zero-order valence-corrected chi connectivity index (χ0v) is 13.2. The van der Waals surface area contributed by atoms with Crippen LogP contribution in [0.3, 0.4) is 0 Å². The van der Waals surface area contributed by atoms with Gasteiger partial charge in [0.05, 0.1) is 17.7 Å². The van der Waals surface area contributed by atoms with Crippen molar-refractivity contribution in [3.63, 3.8) is 0 Å². The summed E-state index contributed by atoms with van der Waals surface area (Å²) in [5.41, 5.74) is 3.16. The van der Waals surface area contributed by atoms with Crippen molar-refractivity contribution in [2.45, 2.75) is 20.4 Å². The Morgan fingerprint density at radius 1 is 1.40 bits per heavy atom. The van der Waals surface area contributed by atoms with Gasteiger partial charge in [0, 0.05) is 11.6 Å². The molecular weight excluding hydrogens is 298 g/mol. The molecule has 0 aliphatic carbocycles. The molecule has 0 amide bonds. The van der Waals surface area contributed by atoms with E-state index in [1.807, 2.05) is 19.9 Å². The number of hydrogen-bond acceptors (Lipinski definition) is 6. The van der Waals surface area contributed by atoms with E-state index in [1.165, 1.54) is 11.5 Å². The molecule has 0 aromatic carbocycles. The van der Waals surface area contributed by atoms with Gasteiger partial charge in [0.25, 0.3) is 10.1 Å². The van der Waals surface area contributed by atoms with Crippen LogP contribution in [-0.4, -0.2) is 30.8 Å². The third-order valence-corrected chi connectivity index (χ3v) is 5.30. The van der Waals surface area contributed by atoms with E-state index in [1.54, 1.807) is 17.1 Å². The number of hydrogen-bond donors (Lipinski definition) is 0. The van der Waals surface area contributed by atoms with E-state index >= 15 is 0 Å². The Labute approximate surface area is 122 Å². The van der Waals surface area contributed by atoms with Crippen LogP contribution in [-0.2, 0) is 20.8 Å². The Kier molecular flexibility index (Phi) is 4.46. The second-order valence-corrected chi connectivity index (χ2v) is 6.96. The third-order valence-electron chi connectivity index (χ3n) is 3.01. The van der Waals surface area contributed by atoms with Crippen molar-refractivity contribution < 1.29 is 17.3 Å². The van der Waals surface area contributed by atoms with Crippen LogP contribution in [0.4, 0.5) is 0 Å². The molecule has 0 atom stereocenters. The first-order valence-corrected chi connectivity index (χ1v) is 8.35. The summed E-state index contributed by atoms with van der Waals surface area (Å²) in [6, 6.07) is 1.91. The first-order valence-electron chi connectivity index (χ1n) is 6.00. The fourth-order valence-corrected chi connectivity index (χ4v) is 3.08. The van der Waals surface area contributed by atoms with Crippen molar-refractivity contribution in [2.24, 2.45) is 0 Å². The molecule has 0 radical (unpaired) electrons. The van der Waals surface area contributed by atoms with Crippen LogP contribution in [0.2, 0.25) is 0 Å². The molecule has 0 saturated carbocycles. The first kappa shape index (κ1) is 15.0. The molecule has 0 saturated heterocycles. The Hall–Kier alpha value is -1.38. The van der Waals surface area contributed by atoms with Crippen LogP contribution in [0, 0.1) is 13.8 Å². The van der Waals surface area contributed by atoms with Gasteiger partial charge in [-0.1, -0.05) is 4.68 Å². The van der Waals surface area contributed by atoms with Crippen LogP contribution in [0.15, 0.2) is 18.5 Å². The maximum atomic E-state index is 11.2. The summed E-state index contributed by atoms with van der Waals surface area (Å²) in [5, 5.41) is 4.22. The van der Waals surface area contributed by atoms with Gasteiger partial charge in [-0.25, -0.2) is 0 Å². The molecule has 0 bridgehead atoms. The number of nitrogens with zero attached hydrogens (tertiary/aromatic N) is 3. The summed E-state index contributed by atoms with van der Waals surface area (Å²) in [5.74, 6) is -0.0980. The highest BCUT2D eigenvalue weighted by Gasteiger charge is 2.15. The predicted molar refractivity (Wildman–Crippen MR) is 75.8 cm³/mol. The molecule has 8 heteroatoms. The summed E-state index contributed by atoms with van der Waals surface area (Å²) in [7, 11) is -2.29.